The summed E-state index contributed by atoms with van der Waals surface area (Å²) >= 11 is 1.75. The van der Waals surface area contributed by atoms with Crippen molar-refractivity contribution >= 4 is 38.2 Å². The zero-order chi connectivity index (χ0) is 24.8. The van der Waals surface area contributed by atoms with Gasteiger partial charge in [-0.25, -0.2) is 0 Å². The average Bonchev–Trinajstić information content (AvgIpc) is 3.54. The van der Waals surface area contributed by atoms with Crippen LogP contribution in [0.5, 0.6) is 5.75 Å². The lowest BCUT2D eigenvalue weighted by molar-refractivity contribution is 0.0708. The summed E-state index contributed by atoms with van der Waals surface area (Å²) in [5.41, 5.74) is 16.7. The first kappa shape index (κ1) is 23.5. The van der Waals surface area contributed by atoms with Gasteiger partial charge >= 0.3 is 0 Å². The van der Waals surface area contributed by atoms with E-state index in [1.165, 1.54) is 39.9 Å². The molecule has 6 nitrogen and oxygen atoms in total. The van der Waals surface area contributed by atoms with E-state index >= 15 is 0 Å². The molecule has 1 aliphatic carbocycles. The Balaban J connectivity index is 1.51. The number of carbonyl (C=O) groups is 1. The number of aromatic nitrogens is 1. The Labute approximate surface area is 215 Å². The first-order valence-electron chi connectivity index (χ1n) is 13.0. The molecule has 0 radical (unpaired) electrons. The molecule has 188 valence electrons. The van der Waals surface area contributed by atoms with E-state index in [9.17, 15) is 4.79 Å². The minimum absolute atomic E-state index is 0.0310. The predicted molar refractivity (Wildman–Crippen MR) is 148 cm³/mol. The molecule has 1 aliphatic heterocycles. The number of nitrogens with zero attached hydrogens (tertiary/aromatic N) is 2. The van der Waals surface area contributed by atoms with Crippen molar-refractivity contribution in [3.05, 3.63) is 53.6 Å². The van der Waals surface area contributed by atoms with Gasteiger partial charge in [0.05, 0.1) is 17.7 Å². The fourth-order valence-corrected chi connectivity index (χ4v) is 6.99. The van der Waals surface area contributed by atoms with E-state index in [1.54, 1.807) is 18.4 Å². The Bertz CT molecular complexity index is 1430. The molecule has 4 aromatic rings. The molecule has 0 bridgehead atoms. The third kappa shape index (κ3) is 4.19. The van der Waals surface area contributed by atoms with Crippen molar-refractivity contribution in [2.75, 3.05) is 26.7 Å². The molecule has 1 atom stereocenters. The van der Waals surface area contributed by atoms with Crippen LogP contribution in [0.3, 0.4) is 0 Å². The van der Waals surface area contributed by atoms with Crippen molar-refractivity contribution < 1.29 is 9.53 Å². The highest BCUT2D eigenvalue weighted by molar-refractivity contribution is 7.22. The zero-order valence-corrected chi connectivity index (χ0v) is 21.7. The lowest BCUT2D eigenvalue weighted by atomic mass is 10.0. The fourth-order valence-electron chi connectivity index (χ4n) is 5.66. The van der Waals surface area contributed by atoms with E-state index in [2.05, 4.69) is 34.9 Å². The SMILES string of the molecule is COc1cc(C(=O)N2CCCC(N)C2)cc2sc(-c3cc4ccccc4n3CC3CC3)c(CCN)c12. The van der Waals surface area contributed by atoms with Crippen molar-refractivity contribution in [2.24, 2.45) is 17.4 Å². The number of rotatable bonds is 7. The maximum Gasteiger partial charge on any atom is 0.254 e. The molecular weight excluding hydrogens is 468 g/mol. The number of methoxy groups -OCH3 is 1. The quantitative estimate of drug-likeness (QED) is 0.372. The molecular formula is C29H34N4O2S. The lowest BCUT2D eigenvalue weighted by Gasteiger charge is -2.31. The van der Waals surface area contributed by atoms with Gasteiger partial charge in [-0.05, 0) is 74.4 Å². The van der Waals surface area contributed by atoms with Gasteiger partial charge in [0.15, 0.2) is 0 Å². The van der Waals surface area contributed by atoms with Crippen LogP contribution in [0.15, 0.2) is 42.5 Å². The van der Waals surface area contributed by atoms with Gasteiger partial charge in [-0.2, -0.15) is 0 Å². The summed E-state index contributed by atoms with van der Waals surface area (Å²) in [6, 6.07) is 14.9. The number of para-hydroxylation sites is 1. The molecule has 1 saturated carbocycles. The second-order valence-electron chi connectivity index (χ2n) is 10.3. The van der Waals surface area contributed by atoms with Gasteiger partial charge < -0.3 is 25.7 Å². The van der Waals surface area contributed by atoms with E-state index < -0.39 is 0 Å². The van der Waals surface area contributed by atoms with Crippen LogP contribution in [0, 0.1) is 5.92 Å². The van der Waals surface area contributed by atoms with E-state index in [0.29, 0.717) is 18.7 Å². The maximum absolute atomic E-state index is 13.4. The molecule has 0 spiro atoms. The van der Waals surface area contributed by atoms with Gasteiger partial charge in [-0.1, -0.05) is 18.2 Å². The van der Waals surface area contributed by atoms with Crippen molar-refractivity contribution in [3.8, 4) is 16.3 Å². The van der Waals surface area contributed by atoms with Crippen LogP contribution in [0.1, 0.15) is 41.6 Å². The third-order valence-electron chi connectivity index (χ3n) is 7.64. The average molecular weight is 503 g/mol. The number of ether oxygens (including phenoxy) is 1. The molecule has 1 amide bonds. The summed E-state index contributed by atoms with van der Waals surface area (Å²) in [4.78, 5) is 16.6. The molecule has 2 fully saturated rings. The van der Waals surface area contributed by atoms with Gasteiger partial charge in [0.2, 0.25) is 0 Å². The van der Waals surface area contributed by atoms with Crippen LogP contribution in [-0.2, 0) is 13.0 Å². The fraction of sp³-hybridized carbons (Fsp3) is 0.414. The largest absolute Gasteiger partial charge is 0.496 e. The molecule has 7 heteroatoms. The van der Waals surface area contributed by atoms with Crippen LogP contribution in [0.2, 0.25) is 0 Å². The highest BCUT2D eigenvalue weighted by Crippen LogP contribution is 2.46. The number of amides is 1. The summed E-state index contributed by atoms with van der Waals surface area (Å²) in [7, 11) is 1.69. The Hall–Kier alpha value is -2.87. The molecule has 36 heavy (non-hydrogen) atoms. The number of benzene rings is 2. The Morgan fingerprint density at radius 3 is 2.75 bits per heavy atom. The topological polar surface area (TPSA) is 86.5 Å². The molecule has 6 rings (SSSR count). The number of thiophene rings is 1. The third-order valence-corrected chi connectivity index (χ3v) is 8.84. The molecule has 1 unspecified atom stereocenters. The minimum atomic E-state index is 0.0310. The smallest absolute Gasteiger partial charge is 0.254 e. The Morgan fingerprint density at radius 2 is 2.00 bits per heavy atom. The first-order chi connectivity index (χ1) is 17.6. The number of hydrogen-bond donors (Lipinski definition) is 2. The van der Waals surface area contributed by atoms with Crippen LogP contribution in [-0.4, -0.2) is 48.2 Å². The highest BCUT2D eigenvalue weighted by Gasteiger charge is 2.28. The normalized spacial score (nSPS) is 18.3. The minimum Gasteiger partial charge on any atom is -0.496 e. The van der Waals surface area contributed by atoms with E-state index in [-0.39, 0.29) is 11.9 Å². The summed E-state index contributed by atoms with van der Waals surface area (Å²) in [5, 5.41) is 2.34. The molecule has 4 N–H and O–H groups in total. The van der Waals surface area contributed by atoms with Crippen LogP contribution in [0.25, 0.3) is 31.6 Å². The second-order valence-corrected chi connectivity index (χ2v) is 11.3. The van der Waals surface area contributed by atoms with Crippen LogP contribution in [0.4, 0.5) is 0 Å². The Kier molecular flexibility index (Phi) is 6.23. The second kappa shape index (κ2) is 9.54. The summed E-state index contributed by atoms with van der Waals surface area (Å²) < 4.78 is 9.45. The molecule has 2 aromatic heterocycles. The number of likely N-dealkylation sites (tertiary alicyclic amines) is 1. The van der Waals surface area contributed by atoms with Crippen molar-refractivity contribution in [2.45, 2.75) is 44.7 Å². The van der Waals surface area contributed by atoms with E-state index in [1.807, 2.05) is 17.0 Å². The molecule has 1 saturated heterocycles. The first-order valence-corrected chi connectivity index (χ1v) is 13.9. The zero-order valence-electron chi connectivity index (χ0n) is 20.8. The van der Waals surface area contributed by atoms with Crippen molar-refractivity contribution in [1.82, 2.24) is 9.47 Å². The Morgan fingerprint density at radius 1 is 1.17 bits per heavy atom. The van der Waals surface area contributed by atoms with E-state index in [0.717, 1.165) is 54.1 Å². The monoisotopic (exact) mass is 502 g/mol. The summed E-state index contributed by atoms with van der Waals surface area (Å²) in [5.74, 6) is 1.53. The number of nitrogens with two attached hydrogens (primary N) is 2. The van der Waals surface area contributed by atoms with Crippen molar-refractivity contribution in [3.63, 3.8) is 0 Å². The van der Waals surface area contributed by atoms with Gasteiger partial charge in [-0.3, -0.25) is 4.79 Å². The van der Waals surface area contributed by atoms with Crippen LogP contribution < -0.4 is 16.2 Å². The van der Waals surface area contributed by atoms with Gasteiger partial charge in [0.1, 0.15) is 5.75 Å². The van der Waals surface area contributed by atoms with Crippen molar-refractivity contribution in [1.29, 1.82) is 0 Å². The number of hydrogen-bond acceptors (Lipinski definition) is 5. The van der Waals surface area contributed by atoms with Gasteiger partial charge in [-0.15, -0.1) is 11.3 Å². The summed E-state index contributed by atoms with van der Waals surface area (Å²) in [6.45, 7) is 2.95. The predicted octanol–water partition coefficient (Wildman–Crippen LogP) is 5.01. The van der Waals surface area contributed by atoms with Gasteiger partial charge in [0.25, 0.3) is 5.91 Å². The standard InChI is InChI=1S/C29H34N4O2S/c1-35-25-14-20(29(34)32-12-4-6-21(31)17-32)15-26-27(25)22(10-11-30)28(36-26)24-13-19-5-2-3-7-23(19)33(24)16-18-8-9-18/h2-3,5,7,13-15,18,21H,4,6,8-12,16-17,30-31H2,1H3. The molecule has 2 aliphatic rings. The molecule has 3 heterocycles. The van der Waals surface area contributed by atoms with Crippen LogP contribution >= 0.6 is 11.3 Å². The lowest BCUT2D eigenvalue weighted by Crippen LogP contribution is -2.45. The van der Waals surface area contributed by atoms with E-state index in [4.69, 9.17) is 16.2 Å². The summed E-state index contributed by atoms with van der Waals surface area (Å²) in [6.07, 6.45) is 5.27. The van der Waals surface area contributed by atoms with Gasteiger partial charge in [0, 0.05) is 52.2 Å². The highest BCUT2D eigenvalue weighted by atomic mass is 32.1. The molecule has 2 aromatic carbocycles. The number of fused-ring (bicyclic) bond motifs is 2. The maximum atomic E-state index is 13.4. The number of piperidine rings is 1. The number of carbonyl (C=O) groups excluding carboxylic acids is 1.